The molecule has 4 aromatic rings. The summed E-state index contributed by atoms with van der Waals surface area (Å²) in [5, 5.41) is 14.8. The lowest BCUT2D eigenvalue weighted by Crippen LogP contribution is -2.19. The predicted octanol–water partition coefficient (Wildman–Crippen LogP) is 4.13. The topological polar surface area (TPSA) is 85.8 Å². The van der Waals surface area contributed by atoms with Crippen molar-refractivity contribution in [1.29, 1.82) is 0 Å². The summed E-state index contributed by atoms with van der Waals surface area (Å²) >= 11 is 0. The number of nitrogens with one attached hydrogen (secondary N) is 1. The standard InChI is InChI=1S/C22H19N5O2/c1-2-16-10-12-18(13-11-16)23-22(28)20(15-19-9-6-14-29-19)27-21(24-25-26-27)17-7-4-3-5-8-17/h3-15H,2H2,1H3,(H,23,28)/b20-15+. The SMILES string of the molecule is CCc1ccc(NC(=O)/C(=C\c2ccco2)n2nnnc2-c2ccccc2)cc1. The highest BCUT2D eigenvalue weighted by Crippen LogP contribution is 2.22. The van der Waals surface area contributed by atoms with Crippen LogP contribution in [-0.2, 0) is 11.2 Å². The molecule has 0 bridgehead atoms. The van der Waals surface area contributed by atoms with Crippen LogP contribution in [0.2, 0.25) is 0 Å². The molecule has 0 unspecified atom stereocenters. The summed E-state index contributed by atoms with van der Waals surface area (Å²) < 4.78 is 6.81. The smallest absolute Gasteiger partial charge is 0.274 e. The van der Waals surface area contributed by atoms with E-state index in [2.05, 4.69) is 27.8 Å². The van der Waals surface area contributed by atoms with Gasteiger partial charge in [0, 0.05) is 17.3 Å². The maximum Gasteiger partial charge on any atom is 0.274 e. The van der Waals surface area contributed by atoms with Gasteiger partial charge in [-0.1, -0.05) is 49.4 Å². The highest BCUT2D eigenvalue weighted by Gasteiger charge is 2.20. The zero-order valence-corrected chi connectivity index (χ0v) is 15.8. The van der Waals surface area contributed by atoms with Gasteiger partial charge in [0.25, 0.3) is 5.91 Å². The van der Waals surface area contributed by atoms with E-state index in [1.165, 1.54) is 10.2 Å². The number of hydrogen-bond donors (Lipinski definition) is 1. The van der Waals surface area contributed by atoms with Gasteiger partial charge < -0.3 is 9.73 Å². The average molecular weight is 385 g/mol. The van der Waals surface area contributed by atoms with E-state index < -0.39 is 0 Å². The number of furan rings is 1. The molecule has 0 aliphatic rings. The minimum absolute atomic E-state index is 0.239. The Kier molecular flexibility index (Phi) is 5.29. The zero-order chi connectivity index (χ0) is 20.1. The second-order valence-corrected chi connectivity index (χ2v) is 6.33. The first-order chi connectivity index (χ1) is 14.2. The van der Waals surface area contributed by atoms with Crippen LogP contribution in [0.4, 0.5) is 5.69 Å². The third-order valence-electron chi connectivity index (χ3n) is 4.40. The number of nitrogens with zero attached hydrogens (tertiary/aromatic N) is 4. The number of carbonyl (C=O) groups excluding carboxylic acids is 1. The Labute approximate surface area is 167 Å². The molecule has 7 nitrogen and oxygen atoms in total. The van der Waals surface area contributed by atoms with Gasteiger partial charge in [0.05, 0.1) is 6.26 Å². The summed E-state index contributed by atoms with van der Waals surface area (Å²) in [5.41, 5.74) is 2.92. The van der Waals surface area contributed by atoms with E-state index >= 15 is 0 Å². The molecule has 4 rings (SSSR count). The lowest BCUT2D eigenvalue weighted by atomic mass is 10.1. The van der Waals surface area contributed by atoms with Crippen molar-refractivity contribution in [1.82, 2.24) is 20.2 Å². The van der Waals surface area contributed by atoms with Crippen molar-refractivity contribution < 1.29 is 9.21 Å². The van der Waals surface area contributed by atoms with Crippen LogP contribution in [0.3, 0.4) is 0 Å². The van der Waals surface area contributed by atoms with Gasteiger partial charge in [-0.15, -0.1) is 5.10 Å². The summed E-state index contributed by atoms with van der Waals surface area (Å²) in [5.74, 6) is 0.626. The first-order valence-corrected chi connectivity index (χ1v) is 9.24. The van der Waals surface area contributed by atoms with E-state index in [0.29, 0.717) is 17.3 Å². The van der Waals surface area contributed by atoms with Crippen molar-refractivity contribution in [3.63, 3.8) is 0 Å². The highest BCUT2D eigenvalue weighted by atomic mass is 16.3. The van der Waals surface area contributed by atoms with E-state index in [1.807, 2.05) is 54.6 Å². The van der Waals surface area contributed by atoms with Crippen molar-refractivity contribution >= 4 is 23.4 Å². The third kappa shape index (κ3) is 4.14. The number of benzene rings is 2. The molecule has 0 spiro atoms. The molecule has 0 atom stereocenters. The molecule has 0 saturated heterocycles. The summed E-state index contributed by atoms with van der Waals surface area (Å²) in [6.07, 6.45) is 4.09. The molecule has 7 heteroatoms. The summed E-state index contributed by atoms with van der Waals surface area (Å²) in [4.78, 5) is 13.1. The molecule has 144 valence electrons. The highest BCUT2D eigenvalue weighted by molar-refractivity contribution is 6.24. The second kappa shape index (κ2) is 8.35. The van der Waals surface area contributed by atoms with Crippen molar-refractivity contribution in [3.8, 4) is 11.4 Å². The number of anilines is 1. The molecule has 0 saturated carbocycles. The van der Waals surface area contributed by atoms with Gasteiger partial charge in [0.2, 0.25) is 0 Å². The van der Waals surface area contributed by atoms with E-state index in [4.69, 9.17) is 4.42 Å². The molecule has 0 fully saturated rings. The normalized spacial score (nSPS) is 11.4. The fourth-order valence-corrected chi connectivity index (χ4v) is 2.87. The minimum Gasteiger partial charge on any atom is -0.465 e. The molecule has 0 radical (unpaired) electrons. The van der Waals surface area contributed by atoms with E-state index in [9.17, 15) is 4.79 Å². The van der Waals surface area contributed by atoms with Gasteiger partial charge in [0.15, 0.2) is 5.82 Å². The third-order valence-corrected chi connectivity index (χ3v) is 4.40. The van der Waals surface area contributed by atoms with E-state index in [-0.39, 0.29) is 11.6 Å². The number of amides is 1. The number of hydrogen-bond acceptors (Lipinski definition) is 5. The monoisotopic (exact) mass is 385 g/mol. The fourth-order valence-electron chi connectivity index (χ4n) is 2.87. The van der Waals surface area contributed by atoms with Crippen LogP contribution in [0, 0.1) is 0 Å². The Balaban J connectivity index is 1.72. The summed E-state index contributed by atoms with van der Waals surface area (Å²) in [6, 6.07) is 20.7. The van der Waals surface area contributed by atoms with Gasteiger partial charge in [0.1, 0.15) is 11.5 Å². The largest absolute Gasteiger partial charge is 0.465 e. The Morgan fingerprint density at radius 1 is 1.07 bits per heavy atom. The Morgan fingerprint density at radius 2 is 1.86 bits per heavy atom. The van der Waals surface area contributed by atoms with Crippen LogP contribution in [0.25, 0.3) is 23.2 Å². The van der Waals surface area contributed by atoms with Crippen molar-refractivity contribution in [2.45, 2.75) is 13.3 Å². The molecule has 2 heterocycles. The first-order valence-electron chi connectivity index (χ1n) is 9.24. The number of aromatic nitrogens is 4. The zero-order valence-electron chi connectivity index (χ0n) is 15.8. The lowest BCUT2D eigenvalue weighted by molar-refractivity contribution is -0.111. The molecule has 2 aromatic heterocycles. The van der Waals surface area contributed by atoms with E-state index in [0.717, 1.165) is 12.0 Å². The van der Waals surface area contributed by atoms with Crippen LogP contribution >= 0.6 is 0 Å². The quantitative estimate of drug-likeness (QED) is 0.504. The van der Waals surface area contributed by atoms with Crippen LogP contribution in [0.15, 0.2) is 77.4 Å². The van der Waals surface area contributed by atoms with Crippen LogP contribution in [0.1, 0.15) is 18.2 Å². The summed E-state index contributed by atoms with van der Waals surface area (Å²) in [7, 11) is 0. The van der Waals surface area contributed by atoms with Crippen LogP contribution < -0.4 is 5.32 Å². The van der Waals surface area contributed by atoms with Gasteiger partial charge in [-0.2, -0.15) is 4.68 Å². The Hall–Kier alpha value is -4.00. The average Bonchev–Trinajstić information content (AvgIpc) is 3.45. The predicted molar refractivity (Wildman–Crippen MR) is 111 cm³/mol. The van der Waals surface area contributed by atoms with Gasteiger partial charge in [-0.25, -0.2) is 0 Å². The maximum absolute atomic E-state index is 13.1. The lowest BCUT2D eigenvalue weighted by Gasteiger charge is -2.11. The number of carbonyl (C=O) groups is 1. The number of rotatable bonds is 6. The molecule has 1 amide bonds. The van der Waals surface area contributed by atoms with Gasteiger partial charge in [-0.05, 0) is 46.7 Å². The Morgan fingerprint density at radius 3 is 2.55 bits per heavy atom. The molecule has 1 N–H and O–H groups in total. The van der Waals surface area contributed by atoms with Gasteiger partial charge in [-0.3, -0.25) is 4.79 Å². The molecule has 2 aromatic carbocycles. The summed E-state index contributed by atoms with van der Waals surface area (Å²) in [6.45, 7) is 2.08. The number of tetrazole rings is 1. The molecular formula is C22H19N5O2. The van der Waals surface area contributed by atoms with Crippen LogP contribution in [-0.4, -0.2) is 26.1 Å². The van der Waals surface area contributed by atoms with Gasteiger partial charge >= 0.3 is 0 Å². The van der Waals surface area contributed by atoms with Crippen molar-refractivity contribution in [3.05, 3.63) is 84.3 Å². The fraction of sp³-hybridized carbons (Fsp3) is 0.0909. The molecular weight excluding hydrogens is 366 g/mol. The maximum atomic E-state index is 13.1. The van der Waals surface area contributed by atoms with Crippen molar-refractivity contribution in [2.24, 2.45) is 0 Å². The number of aryl methyl sites for hydroxylation is 1. The second-order valence-electron chi connectivity index (χ2n) is 6.33. The first kappa shape index (κ1) is 18.4. The Bertz CT molecular complexity index is 1110. The van der Waals surface area contributed by atoms with Crippen molar-refractivity contribution in [2.75, 3.05) is 5.32 Å². The molecule has 0 aliphatic carbocycles. The van der Waals surface area contributed by atoms with Crippen LogP contribution in [0.5, 0.6) is 0 Å². The minimum atomic E-state index is -0.352. The molecule has 0 aliphatic heterocycles. The van der Waals surface area contributed by atoms with E-state index in [1.54, 1.807) is 24.5 Å². The molecule has 29 heavy (non-hydrogen) atoms.